The standard InChI is InChI=1S/C46H43N2O/c1-28(2)38-26-35(34-21-19-33(20-22-34)32-13-9-8-10-14-32)27-39(29(3)4)44(38)48-41-16-12-11-15-40(41)47(7)46(48)43-31(6)18-24-37-36-23-17-30(5)25-42(36)49-45(37)43/h8-29H,1-7H3/q+1/i5D3. The van der Waals surface area contributed by atoms with Crippen LogP contribution >= 0.6 is 0 Å². The zero-order valence-electron chi connectivity index (χ0n) is 32.0. The molecule has 0 N–H and O–H groups in total. The summed E-state index contributed by atoms with van der Waals surface area (Å²) >= 11 is 0. The summed E-state index contributed by atoms with van der Waals surface area (Å²) in [5.74, 6) is 1.48. The van der Waals surface area contributed by atoms with Crippen LogP contribution in [0.1, 0.15) is 65.9 Å². The van der Waals surface area contributed by atoms with Crippen molar-refractivity contribution in [1.29, 1.82) is 0 Å². The second kappa shape index (κ2) is 11.9. The maximum atomic E-state index is 8.02. The number of para-hydroxylation sites is 2. The van der Waals surface area contributed by atoms with E-state index in [-0.39, 0.29) is 17.4 Å². The molecule has 0 aliphatic rings. The third kappa shape index (κ3) is 5.07. The van der Waals surface area contributed by atoms with Crippen molar-refractivity contribution in [2.24, 2.45) is 7.05 Å². The summed E-state index contributed by atoms with van der Waals surface area (Å²) < 4.78 is 35.5. The predicted molar refractivity (Wildman–Crippen MR) is 206 cm³/mol. The number of nitrogens with zero attached hydrogens (tertiary/aromatic N) is 2. The quantitative estimate of drug-likeness (QED) is 0.165. The Hall–Kier alpha value is -5.41. The minimum atomic E-state index is -2.22. The lowest BCUT2D eigenvalue weighted by Gasteiger charge is -2.21. The zero-order chi connectivity index (χ0) is 36.5. The summed E-state index contributed by atoms with van der Waals surface area (Å²) in [5, 5.41) is 1.87. The van der Waals surface area contributed by atoms with Gasteiger partial charge in [0, 0.05) is 26.0 Å². The number of hydrogen-bond donors (Lipinski definition) is 0. The van der Waals surface area contributed by atoms with E-state index < -0.39 is 6.85 Å². The molecule has 6 aromatic carbocycles. The molecule has 0 aliphatic carbocycles. The minimum Gasteiger partial charge on any atom is -0.455 e. The highest BCUT2D eigenvalue weighted by Gasteiger charge is 2.34. The molecule has 0 fully saturated rings. The number of aromatic nitrogens is 2. The first-order valence-electron chi connectivity index (χ1n) is 18.7. The van der Waals surface area contributed by atoms with Crippen molar-refractivity contribution in [1.82, 2.24) is 4.57 Å². The smallest absolute Gasteiger partial charge is 0.299 e. The predicted octanol–water partition coefficient (Wildman–Crippen LogP) is 12.2. The Morgan fingerprint density at radius 2 is 1.27 bits per heavy atom. The van der Waals surface area contributed by atoms with Gasteiger partial charge in [0.2, 0.25) is 0 Å². The fourth-order valence-corrected chi connectivity index (χ4v) is 7.51. The third-order valence-corrected chi connectivity index (χ3v) is 10.0. The van der Waals surface area contributed by atoms with Crippen LogP contribution in [0.15, 0.2) is 126 Å². The molecule has 0 saturated carbocycles. The number of fused-ring (bicyclic) bond motifs is 4. The molecule has 0 amide bonds. The molecule has 0 bridgehead atoms. The second-order valence-electron chi connectivity index (χ2n) is 13.9. The van der Waals surface area contributed by atoms with Crippen molar-refractivity contribution < 1.29 is 13.1 Å². The molecule has 0 aliphatic heterocycles. The number of imidazole rings is 1. The highest BCUT2D eigenvalue weighted by molar-refractivity contribution is 6.10. The van der Waals surface area contributed by atoms with E-state index in [2.05, 4.69) is 154 Å². The number of rotatable bonds is 6. The summed E-state index contributed by atoms with van der Waals surface area (Å²) in [4.78, 5) is 0. The summed E-state index contributed by atoms with van der Waals surface area (Å²) in [6.07, 6.45) is 0. The van der Waals surface area contributed by atoms with Gasteiger partial charge in [0.05, 0.1) is 7.05 Å². The summed E-state index contributed by atoms with van der Waals surface area (Å²) in [7, 11) is 2.13. The first kappa shape index (κ1) is 27.5. The number of furan rings is 1. The molecule has 49 heavy (non-hydrogen) atoms. The molecule has 0 saturated heterocycles. The highest BCUT2D eigenvalue weighted by Crippen LogP contribution is 2.43. The lowest BCUT2D eigenvalue weighted by Crippen LogP contribution is -2.30. The Morgan fingerprint density at radius 3 is 1.94 bits per heavy atom. The Balaban J connectivity index is 1.41. The van der Waals surface area contributed by atoms with Crippen molar-refractivity contribution >= 4 is 33.0 Å². The molecular formula is C46H43N2O+. The molecule has 0 atom stereocenters. The molecule has 2 aromatic heterocycles. The van der Waals surface area contributed by atoms with Gasteiger partial charge in [0.1, 0.15) is 16.8 Å². The maximum Gasteiger partial charge on any atom is 0.299 e. The Kier molecular flexibility index (Phi) is 6.70. The molecule has 3 heteroatoms. The summed E-state index contributed by atoms with van der Waals surface area (Å²) in [6.45, 7) is 9.04. The average molecular weight is 643 g/mol. The van der Waals surface area contributed by atoms with E-state index in [9.17, 15) is 0 Å². The lowest BCUT2D eigenvalue weighted by molar-refractivity contribution is -0.633. The SMILES string of the molecule is [2H]C([2H])([2H])c1ccc2c(c1)oc1c(-c3n(-c4c(C(C)C)cc(-c5ccc(-c6ccccc6)cc5)cc4C(C)C)c4ccccc4[n+]3C)c(C)ccc12. The fourth-order valence-electron chi connectivity index (χ4n) is 7.51. The van der Waals surface area contributed by atoms with Crippen LogP contribution in [-0.4, -0.2) is 4.57 Å². The minimum absolute atomic E-state index is 0.233. The van der Waals surface area contributed by atoms with Crippen LogP contribution in [-0.2, 0) is 7.05 Å². The molecule has 242 valence electrons. The van der Waals surface area contributed by atoms with Crippen LogP contribution in [0.2, 0.25) is 0 Å². The number of hydrogen-bond acceptors (Lipinski definition) is 1. The van der Waals surface area contributed by atoms with Gasteiger partial charge in [0.25, 0.3) is 5.82 Å². The van der Waals surface area contributed by atoms with Crippen molar-refractivity contribution in [3.05, 3.63) is 144 Å². The van der Waals surface area contributed by atoms with Gasteiger partial charge in [-0.25, -0.2) is 4.57 Å². The van der Waals surface area contributed by atoms with E-state index in [0.29, 0.717) is 5.58 Å². The third-order valence-electron chi connectivity index (χ3n) is 10.0. The molecule has 0 unspecified atom stereocenters. The normalized spacial score (nSPS) is 13.1. The molecule has 8 rings (SSSR count). The second-order valence-corrected chi connectivity index (χ2v) is 13.9. The lowest BCUT2D eigenvalue weighted by atomic mass is 9.87. The monoisotopic (exact) mass is 642 g/mol. The van der Waals surface area contributed by atoms with Gasteiger partial charge in [-0.05, 0) is 89.3 Å². The van der Waals surface area contributed by atoms with E-state index in [1.54, 1.807) is 12.1 Å². The van der Waals surface area contributed by atoms with E-state index in [1.165, 1.54) is 39.1 Å². The molecule has 2 heterocycles. The van der Waals surface area contributed by atoms with Gasteiger partial charge >= 0.3 is 0 Å². The van der Waals surface area contributed by atoms with Gasteiger partial charge in [-0.1, -0.05) is 119 Å². The molecule has 0 radical (unpaired) electrons. The van der Waals surface area contributed by atoms with Gasteiger partial charge in [0.15, 0.2) is 16.6 Å². The summed E-state index contributed by atoms with van der Waals surface area (Å²) in [5.41, 5.74) is 14.4. The number of aryl methyl sites for hydroxylation is 3. The molecule has 0 spiro atoms. The van der Waals surface area contributed by atoms with Crippen molar-refractivity contribution in [3.8, 4) is 39.3 Å². The maximum absolute atomic E-state index is 8.02. The zero-order valence-corrected chi connectivity index (χ0v) is 29.0. The average Bonchev–Trinajstić information content (AvgIpc) is 3.65. The Morgan fingerprint density at radius 1 is 0.653 bits per heavy atom. The Bertz CT molecular complexity index is 2600. The van der Waals surface area contributed by atoms with Gasteiger partial charge in [-0.3, -0.25) is 0 Å². The highest BCUT2D eigenvalue weighted by atomic mass is 16.3. The largest absolute Gasteiger partial charge is 0.455 e. The van der Waals surface area contributed by atoms with Crippen molar-refractivity contribution in [2.45, 2.75) is 53.3 Å². The van der Waals surface area contributed by atoms with Crippen LogP contribution in [0, 0.1) is 13.8 Å². The van der Waals surface area contributed by atoms with E-state index in [1.807, 2.05) is 6.07 Å². The van der Waals surface area contributed by atoms with Gasteiger partial charge < -0.3 is 4.42 Å². The van der Waals surface area contributed by atoms with Crippen molar-refractivity contribution in [2.75, 3.05) is 0 Å². The molecular weight excluding hydrogens is 597 g/mol. The number of benzene rings is 6. The molecule has 8 aromatic rings. The Labute approximate surface area is 293 Å². The topological polar surface area (TPSA) is 21.9 Å². The van der Waals surface area contributed by atoms with Crippen LogP contribution in [0.25, 0.3) is 72.3 Å². The van der Waals surface area contributed by atoms with Crippen LogP contribution in [0.3, 0.4) is 0 Å². The van der Waals surface area contributed by atoms with Crippen LogP contribution in [0.4, 0.5) is 0 Å². The van der Waals surface area contributed by atoms with Crippen LogP contribution < -0.4 is 4.57 Å². The van der Waals surface area contributed by atoms with Crippen molar-refractivity contribution in [3.63, 3.8) is 0 Å². The van der Waals surface area contributed by atoms with Gasteiger partial charge in [-0.2, -0.15) is 4.57 Å². The van der Waals surface area contributed by atoms with E-state index in [4.69, 9.17) is 8.53 Å². The van der Waals surface area contributed by atoms with Gasteiger partial charge in [-0.15, -0.1) is 0 Å². The first-order chi connectivity index (χ1) is 24.9. The first-order valence-corrected chi connectivity index (χ1v) is 17.2. The summed E-state index contributed by atoms with van der Waals surface area (Å²) in [6, 6.07) is 42.3. The van der Waals surface area contributed by atoms with E-state index in [0.717, 1.165) is 44.3 Å². The van der Waals surface area contributed by atoms with E-state index >= 15 is 0 Å². The fraction of sp³-hybridized carbons (Fsp3) is 0.196. The molecule has 3 nitrogen and oxygen atoms in total. The van der Waals surface area contributed by atoms with Crippen LogP contribution in [0.5, 0.6) is 0 Å².